The molecule has 4 nitrogen and oxygen atoms in total. The van der Waals surface area contributed by atoms with Gasteiger partial charge in [-0.2, -0.15) is 0 Å². The van der Waals surface area contributed by atoms with Crippen molar-refractivity contribution in [3.8, 4) is 5.75 Å². The molecule has 1 spiro atoms. The summed E-state index contributed by atoms with van der Waals surface area (Å²) in [5, 5.41) is 12.8. The first-order chi connectivity index (χ1) is 11.2. The fourth-order valence-corrected chi connectivity index (χ4v) is 3.76. The Morgan fingerprint density at radius 3 is 2.65 bits per heavy atom. The van der Waals surface area contributed by atoms with Gasteiger partial charge in [0.25, 0.3) is 0 Å². The molecular formula is C19H29N3O. The van der Waals surface area contributed by atoms with Crippen molar-refractivity contribution in [3.05, 3.63) is 29.8 Å². The number of rotatable bonds is 5. The highest BCUT2D eigenvalue weighted by Crippen LogP contribution is 2.47. The Morgan fingerprint density at radius 2 is 2.04 bits per heavy atom. The molecule has 1 aliphatic carbocycles. The van der Waals surface area contributed by atoms with Crippen LogP contribution in [0.4, 0.5) is 0 Å². The third kappa shape index (κ3) is 3.98. The summed E-state index contributed by atoms with van der Waals surface area (Å²) in [5.74, 6) is 1.43. The third-order valence-electron chi connectivity index (χ3n) is 5.31. The number of guanidine groups is 1. The highest BCUT2D eigenvalue weighted by Gasteiger charge is 2.43. The average molecular weight is 315 g/mol. The smallest absolute Gasteiger partial charge is 0.193 e. The number of hydrogen-bond acceptors (Lipinski definition) is 2. The van der Waals surface area contributed by atoms with Gasteiger partial charge in [-0.1, -0.05) is 18.6 Å². The van der Waals surface area contributed by atoms with Gasteiger partial charge in [-0.15, -0.1) is 0 Å². The van der Waals surface area contributed by atoms with Crippen LogP contribution in [0.5, 0.6) is 5.75 Å². The van der Waals surface area contributed by atoms with Gasteiger partial charge in [-0.3, -0.25) is 4.99 Å². The predicted molar refractivity (Wildman–Crippen MR) is 94.9 cm³/mol. The van der Waals surface area contributed by atoms with E-state index < -0.39 is 0 Å². The maximum Gasteiger partial charge on any atom is 0.193 e. The monoisotopic (exact) mass is 315 g/mol. The number of phenolic OH excluding ortho intramolecular Hbond substituents is 1. The predicted octanol–water partition coefficient (Wildman–Crippen LogP) is 3.17. The third-order valence-corrected chi connectivity index (χ3v) is 5.31. The van der Waals surface area contributed by atoms with E-state index in [1.54, 1.807) is 12.1 Å². The lowest BCUT2D eigenvalue weighted by Gasteiger charge is -2.38. The molecule has 3 rings (SSSR count). The second-order valence-corrected chi connectivity index (χ2v) is 7.03. The zero-order valence-electron chi connectivity index (χ0n) is 14.2. The molecule has 2 fully saturated rings. The summed E-state index contributed by atoms with van der Waals surface area (Å²) in [6.07, 6.45) is 7.61. The Kier molecular flexibility index (Phi) is 5.09. The summed E-state index contributed by atoms with van der Waals surface area (Å²) in [6.45, 7) is 6.27. The molecule has 1 aromatic rings. The number of nitrogens with zero attached hydrogens (tertiary/aromatic N) is 2. The van der Waals surface area contributed by atoms with E-state index in [1.165, 1.54) is 37.8 Å². The molecule has 0 bridgehead atoms. The normalized spacial score (nSPS) is 19.9. The standard InChI is InChI=1S/C19H29N3O/c1-2-20-18(22-14-12-19(15-22)10-4-11-19)21-13-3-5-16-6-8-17(23)9-7-16/h6-9,23H,2-5,10-15H2,1H3,(H,20,21). The van der Waals surface area contributed by atoms with Gasteiger partial charge in [0, 0.05) is 26.2 Å². The second kappa shape index (κ2) is 7.24. The molecule has 126 valence electrons. The SMILES string of the molecule is CCNC(=NCCCc1ccc(O)cc1)N1CCC2(CCC2)C1. The Labute approximate surface area is 139 Å². The molecule has 1 aliphatic heterocycles. The van der Waals surface area contributed by atoms with Crippen molar-refractivity contribution in [2.45, 2.75) is 45.4 Å². The molecule has 1 aromatic carbocycles. The summed E-state index contributed by atoms with van der Waals surface area (Å²) in [6, 6.07) is 7.49. The first kappa shape index (κ1) is 16.2. The molecule has 1 saturated carbocycles. The average Bonchev–Trinajstić information content (AvgIpc) is 2.98. The number of nitrogens with one attached hydrogen (secondary N) is 1. The zero-order valence-corrected chi connectivity index (χ0v) is 14.2. The number of aliphatic imine (C=N–C) groups is 1. The second-order valence-electron chi connectivity index (χ2n) is 7.03. The number of likely N-dealkylation sites (tertiary alicyclic amines) is 1. The lowest BCUT2D eigenvalue weighted by Crippen LogP contribution is -2.42. The summed E-state index contributed by atoms with van der Waals surface area (Å²) < 4.78 is 0. The van der Waals surface area contributed by atoms with Crippen LogP contribution in [0.25, 0.3) is 0 Å². The van der Waals surface area contributed by atoms with E-state index in [4.69, 9.17) is 4.99 Å². The minimum Gasteiger partial charge on any atom is -0.508 e. The lowest BCUT2D eigenvalue weighted by atomic mass is 9.68. The van der Waals surface area contributed by atoms with Gasteiger partial charge in [-0.05, 0) is 62.1 Å². The van der Waals surface area contributed by atoms with Crippen molar-refractivity contribution >= 4 is 5.96 Å². The van der Waals surface area contributed by atoms with Crippen LogP contribution in [0.15, 0.2) is 29.3 Å². The summed E-state index contributed by atoms with van der Waals surface area (Å²) in [7, 11) is 0. The van der Waals surface area contributed by atoms with Gasteiger partial charge in [0.15, 0.2) is 5.96 Å². The molecule has 1 saturated heterocycles. The molecule has 1 heterocycles. The van der Waals surface area contributed by atoms with Crippen molar-refractivity contribution < 1.29 is 5.11 Å². The van der Waals surface area contributed by atoms with Crippen LogP contribution >= 0.6 is 0 Å². The molecule has 0 amide bonds. The minimum atomic E-state index is 0.333. The van der Waals surface area contributed by atoms with Gasteiger partial charge >= 0.3 is 0 Å². The van der Waals surface area contributed by atoms with E-state index in [9.17, 15) is 5.11 Å². The number of aryl methyl sites for hydroxylation is 1. The molecule has 0 unspecified atom stereocenters. The summed E-state index contributed by atoms with van der Waals surface area (Å²) >= 11 is 0. The first-order valence-corrected chi connectivity index (χ1v) is 9.02. The Balaban J connectivity index is 1.49. The Hall–Kier alpha value is -1.71. The largest absolute Gasteiger partial charge is 0.508 e. The minimum absolute atomic E-state index is 0.333. The van der Waals surface area contributed by atoms with Crippen molar-refractivity contribution in [3.63, 3.8) is 0 Å². The fourth-order valence-electron chi connectivity index (χ4n) is 3.76. The topological polar surface area (TPSA) is 47.9 Å². The molecule has 2 N–H and O–H groups in total. The van der Waals surface area contributed by atoms with E-state index in [0.29, 0.717) is 11.2 Å². The van der Waals surface area contributed by atoms with E-state index in [2.05, 4.69) is 17.1 Å². The van der Waals surface area contributed by atoms with Crippen molar-refractivity contribution in [2.24, 2.45) is 10.4 Å². The summed E-state index contributed by atoms with van der Waals surface area (Å²) in [4.78, 5) is 7.30. The lowest BCUT2D eigenvalue weighted by molar-refractivity contribution is 0.151. The van der Waals surface area contributed by atoms with Gasteiger partial charge in [0.2, 0.25) is 0 Å². The van der Waals surface area contributed by atoms with Crippen LogP contribution in [0.2, 0.25) is 0 Å². The quantitative estimate of drug-likeness (QED) is 0.498. The molecule has 0 radical (unpaired) electrons. The van der Waals surface area contributed by atoms with Gasteiger partial charge in [0.05, 0.1) is 0 Å². The van der Waals surface area contributed by atoms with Crippen molar-refractivity contribution in [1.82, 2.24) is 10.2 Å². The molecular weight excluding hydrogens is 286 g/mol. The number of aromatic hydroxyl groups is 1. The van der Waals surface area contributed by atoms with Gasteiger partial charge < -0.3 is 15.3 Å². The fraction of sp³-hybridized carbons (Fsp3) is 0.632. The first-order valence-electron chi connectivity index (χ1n) is 9.02. The van der Waals surface area contributed by atoms with Crippen LogP contribution in [-0.4, -0.2) is 42.1 Å². The molecule has 0 aromatic heterocycles. The molecule has 4 heteroatoms. The van der Waals surface area contributed by atoms with Crippen LogP contribution < -0.4 is 5.32 Å². The highest BCUT2D eigenvalue weighted by molar-refractivity contribution is 5.80. The highest BCUT2D eigenvalue weighted by atomic mass is 16.3. The molecule has 2 aliphatic rings. The van der Waals surface area contributed by atoms with E-state index in [-0.39, 0.29) is 0 Å². The maximum atomic E-state index is 9.31. The van der Waals surface area contributed by atoms with Crippen LogP contribution in [0.1, 0.15) is 44.6 Å². The van der Waals surface area contributed by atoms with Crippen molar-refractivity contribution in [1.29, 1.82) is 0 Å². The zero-order chi connectivity index (χ0) is 16.1. The van der Waals surface area contributed by atoms with E-state index >= 15 is 0 Å². The van der Waals surface area contributed by atoms with E-state index in [1.807, 2.05) is 12.1 Å². The Morgan fingerprint density at radius 1 is 1.26 bits per heavy atom. The van der Waals surface area contributed by atoms with Crippen LogP contribution in [-0.2, 0) is 6.42 Å². The molecule has 0 atom stereocenters. The van der Waals surface area contributed by atoms with Gasteiger partial charge in [-0.25, -0.2) is 0 Å². The summed E-state index contributed by atoms with van der Waals surface area (Å²) in [5.41, 5.74) is 1.87. The van der Waals surface area contributed by atoms with Gasteiger partial charge in [0.1, 0.15) is 5.75 Å². The number of benzene rings is 1. The number of phenols is 1. The van der Waals surface area contributed by atoms with Crippen LogP contribution in [0, 0.1) is 5.41 Å². The van der Waals surface area contributed by atoms with E-state index in [0.717, 1.165) is 38.4 Å². The molecule has 23 heavy (non-hydrogen) atoms. The number of hydrogen-bond donors (Lipinski definition) is 2. The Bertz CT molecular complexity index is 534. The maximum absolute atomic E-state index is 9.31. The van der Waals surface area contributed by atoms with Crippen LogP contribution in [0.3, 0.4) is 0 Å². The van der Waals surface area contributed by atoms with Crippen molar-refractivity contribution in [2.75, 3.05) is 26.2 Å².